The molecule has 1 heterocycles. The second kappa shape index (κ2) is 8.44. The minimum absolute atomic E-state index is 0.0169. The van der Waals surface area contributed by atoms with Gasteiger partial charge < -0.3 is 9.57 Å². The Morgan fingerprint density at radius 1 is 1.17 bits per heavy atom. The molecule has 7 nitrogen and oxygen atoms in total. The summed E-state index contributed by atoms with van der Waals surface area (Å²) in [5, 5.41) is 7.93. The molecule has 0 saturated carbocycles. The molecule has 0 radical (unpaired) electrons. The lowest BCUT2D eigenvalue weighted by atomic mass is 10.1. The Hall–Kier alpha value is -3.56. The number of rotatable bonds is 6. The standard InChI is InChI=1S/C20H19F3N4O3/c1-13(14-8-6-9-16(11-14)20(21,22)23)25-30-12-15-7-4-5-10-17(15)27-18(29-3)24-26(2)19(27)28/h4-11H,12H2,1-3H3. The van der Waals surface area contributed by atoms with Gasteiger partial charge in [0.05, 0.1) is 24.1 Å². The zero-order chi connectivity index (χ0) is 21.9. The first kappa shape index (κ1) is 21.2. The molecule has 30 heavy (non-hydrogen) atoms. The maximum Gasteiger partial charge on any atom is 0.416 e. The van der Waals surface area contributed by atoms with Crippen LogP contribution in [0.5, 0.6) is 6.01 Å². The Bertz CT molecular complexity index is 1130. The van der Waals surface area contributed by atoms with Gasteiger partial charge in [-0.1, -0.05) is 35.5 Å². The van der Waals surface area contributed by atoms with Crippen LogP contribution in [-0.2, 0) is 24.7 Å². The lowest BCUT2D eigenvalue weighted by Gasteiger charge is -2.11. The molecular weight excluding hydrogens is 401 g/mol. The molecule has 3 rings (SSSR count). The molecule has 3 aromatic rings. The van der Waals surface area contributed by atoms with Gasteiger partial charge in [-0.2, -0.15) is 13.2 Å². The van der Waals surface area contributed by atoms with Crippen LogP contribution in [0, 0.1) is 0 Å². The second-order valence-corrected chi connectivity index (χ2v) is 6.39. The molecule has 0 saturated heterocycles. The van der Waals surface area contributed by atoms with Crippen LogP contribution in [0.25, 0.3) is 5.69 Å². The highest BCUT2D eigenvalue weighted by molar-refractivity contribution is 5.98. The maximum atomic E-state index is 12.9. The Kier molecular flexibility index (Phi) is 5.95. The summed E-state index contributed by atoms with van der Waals surface area (Å²) in [5.41, 5.74) is 0.537. The van der Waals surface area contributed by atoms with E-state index in [0.717, 1.165) is 16.8 Å². The maximum absolute atomic E-state index is 12.9. The Balaban J connectivity index is 1.84. The van der Waals surface area contributed by atoms with Crippen LogP contribution in [-0.4, -0.2) is 27.2 Å². The quantitative estimate of drug-likeness (QED) is 0.452. The SMILES string of the molecule is COc1nn(C)c(=O)n1-c1ccccc1CON=C(C)c1cccc(C(F)(F)F)c1. The van der Waals surface area contributed by atoms with Crippen molar-refractivity contribution in [3.63, 3.8) is 0 Å². The fourth-order valence-corrected chi connectivity index (χ4v) is 2.80. The number of hydrogen-bond donors (Lipinski definition) is 0. The molecule has 10 heteroatoms. The van der Waals surface area contributed by atoms with Crippen LogP contribution in [0.2, 0.25) is 0 Å². The summed E-state index contributed by atoms with van der Waals surface area (Å²) in [6, 6.07) is 11.9. The smallest absolute Gasteiger partial charge is 0.416 e. The lowest BCUT2D eigenvalue weighted by molar-refractivity contribution is -0.137. The van der Waals surface area contributed by atoms with E-state index in [1.54, 1.807) is 31.2 Å². The monoisotopic (exact) mass is 420 g/mol. The number of halogens is 3. The number of oxime groups is 1. The largest absolute Gasteiger partial charge is 0.467 e. The molecule has 0 aliphatic carbocycles. The predicted molar refractivity (Wildman–Crippen MR) is 104 cm³/mol. The molecule has 0 unspecified atom stereocenters. The van der Waals surface area contributed by atoms with E-state index >= 15 is 0 Å². The molecule has 0 amide bonds. The van der Waals surface area contributed by atoms with Gasteiger partial charge in [0.15, 0.2) is 0 Å². The average Bonchev–Trinajstić information content (AvgIpc) is 3.01. The molecule has 0 aliphatic rings. The Labute approximate surface area is 170 Å². The van der Waals surface area contributed by atoms with E-state index in [2.05, 4.69) is 10.3 Å². The van der Waals surface area contributed by atoms with Gasteiger partial charge in [-0.25, -0.2) is 14.0 Å². The molecule has 1 aromatic heterocycles. The summed E-state index contributed by atoms with van der Waals surface area (Å²) >= 11 is 0. The fourth-order valence-electron chi connectivity index (χ4n) is 2.80. The number of benzene rings is 2. The predicted octanol–water partition coefficient (Wildman–Crippen LogP) is 3.54. The summed E-state index contributed by atoms with van der Waals surface area (Å²) in [4.78, 5) is 17.8. The van der Waals surface area contributed by atoms with Crippen LogP contribution in [0.1, 0.15) is 23.6 Å². The minimum atomic E-state index is -4.44. The van der Waals surface area contributed by atoms with Gasteiger partial charge in [-0.15, -0.1) is 5.10 Å². The Morgan fingerprint density at radius 3 is 2.60 bits per heavy atom. The van der Waals surface area contributed by atoms with E-state index in [0.29, 0.717) is 16.8 Å². The van der Waals surface area contributed by atoms with Crippen LogP contribution in [0.3, 0.4) is 0 Å². The zero-order valence-electron chi connectivity index (χ0n) is 16.5. The van der Waals surface area contributed by atoms with E-state index in [-0.39, 0.29) is 18.3 Å². The van der Waals surface area contributed by atoms with Crippen molar-refractivity contribution in [3.8, 4) is 11.7 Å². The third kappa shape index (κ3) is 4.37. The fraction of sp³-hybridized carbons (Fsp3) is 0.250. The Morgan fingerprint density at radius 2 is 1.90 bits per heavy atom. The topological polar surface area (TPSA) is 70.6 Å². The van der Waals surface area contributed by atoms with E-state index in [9.17, 15) is 18.0 Å². The number of alkyl halides is 3. The molecule has 0 fully saturated rings. The van der Waals surface area contributed by atoms with Crippen molar-refractivity contribution in [2.24, 2.45) is 12.2 Å². The van der Waals surface area contributed by atoms with Crippen molar-refractivity contribution in [3.05, 3.63) is 75.7 Å². The van der Waals surface area contributed by atoms with Crippen LogP contribution in [0.4, 0.5) is 13.2 Å². The normalized spacial score (nSPS) is 12.1. The number of nitrogens with zero attached hydrogens (tertiary/aromatic N) is 4. The van der Waals surface area contributed by atoms with Crippen molar-refractivity contribution < 1.29 is 22.7 Å². The first-order valence-electron chi connectivity index (χ1n) is 8.85. The van der Waals surface area contributed by atoms with Crippen LogP contribution in [0.15, 0.2) is 58.5 Å². The van der Waals surface area contributed by atoms with Gasteiger partial charge in [-0.05, 0) is 30.7 Å². The third-order valence-electron chi connectivity index (χ3n) is 4.34. The van der Waals surface area contributed by atoms with Gasteiger partial charge in [-0.3, -0.25) is 0 Å². The van der Waals surface area contributed by atoms with Gasteiger partial charge in [0.2, 0.25) is 0 Å². The number of para-hydroxylation sites is 1. The first-order valence-corrected chi connectivity index (χ1v) is 8.85. The summed E-state index contributed by atoms with van der Waals surface area (Å²) in [5.74, 6) is 0. The van der Waals surface area contributed by atoms with Gasteiger partial charge in [0, 0.05) is 12.6 Å². The highest BCUT2D eigenvalue weighted by atomic mass is 19.4. The highest BCUT2D eigenvalue weighted by Crippen LogP contribution is 2.29. The summed E-state index contributed by atoms with van der Waals surface area (Å²) in [6.07, 6.45) is -4.44. The summed E-state index contributed by atoms with van der Waals surface area (Å²) < 4.78 is 46.3. The van der Waals surface area contributed by atoms with E-state index in [1.807, 2.05) is 0 Å². The second-order valence-electron chi connectivity index (χ2n) is 6.39. The van der Waals surface area contributed by atoms with Crippen LogP contribution >= 0.6 is 0 Å². The van der Waals surface area contributed by atoms with Crippen molar-refractivity contribution >= 4 is 5.71 Å². The van der Waals surface area contributed by atoms with E-state index in [4.69, 9.17) is 9.57 Å². The molecule has 0 aliphatic heterocycles. The lowest BCUT2D eigenvalue weighted by Crippen LogP contribution is -2.22. The number of methoxy groups -OCH3 is 1. The third-order valence-corrected chi connectivity index (χ3v) is 4.34. The van der Waals surface area contributed by atoms with Crippen molar-refractivity contribution in [1.29, 1.82) is 0 Å². The van der Waals surface area contributed by atoms with E-state index in [1.165, 1.54) is 30.9 Å². The molecule has 0 bridgehead atoms. The molecule has 0 atom stereocenters. The van der Waals surface area contributed by atoms with Gasteiger partial charge >= 0.3 is 17.9 Å². The molecule has 0 N–H and O–H groups in total. The molecule has 158 valence electrons. The molecular formula is C20H19F3N4O3. The van der Waals surface area contributed by atoms with Gasteiger partial charge in [0.1, 0.15) is 6.61 Å². The van der Waals surface area contributed by atoms with Gasteiger partial charge in [0.25, 0.3) is 0 Å². The number of aromatic nitrogens is 3. The zero-order valence-corrected chi connectivity index (χ0v) is 16.5. The number of aryl methyl sites for hydroxylation is 1. The summed E-state index contributed by atoms with van der Waals surface area (Å²) in [6.45, 7) is 1.53. The average molecular weight is 420 g/mol. The number of hydrogen-bond acceptors (Lipinski definition) is 5. The highest BCUT2D eigenvalue weighted by Gasteiger charge is 2.30. The minimum Gasteiger partial charge on any atom is -0.467 e. The van der Waals surface area contributed by atoms with Crippen molar-refractivity contribution in [1.82, 2.24) is 14.3 Å². The number of ether oxygens (including phenoxy) is 1. The first-order chi connectivity index (χ1) is 14.2. The molecule has 0 spiro atoms. The van der Waals surface area contributed by atoms with E-state index < -0.39 is 17.4 Å². The summed E-state index contributed by atoms with van der Waals surface area (Å²) in [7, 11) is 2.91. The van der Waals surface area contributed by atoms with Crippen molar-refractivity contribution in [2.75, 3.05) is 7.11 Å². The van der Waals surface area contributed by atoms with Crippen molar-refractivity contribution in [2.45, 2.75) is 19.7 Å². The van der Waals surface area contributed by atoms with Crippen LogP contribution < -0.4 is 10.4 Å². The molecule has 2 aromatic carbocycles.